The van der Waals surface area contributed by atoms with Crippen molar-refractivity contribution in [1.82, 2.24) is 14.5 Å². The molecule has 2 aromatic rings. The van der Waals surface area contributed by atoms with Crippen molar-refractivity contribution >= 4 is 0 Å². The summed E-state index contributed by atoms with van der Waals surface area (Å²) in [5, 5.41) is 0. The Balaban J connectivity index is 2.37. The number of aryl methyl sites for hydroxylation is 1. The molecule has 3 heteroatoms. The maximum atomic E-state index is 4.31. The second-order valence-corrected chi connectivity index (χ2v) is 3.16. The van der Waals surface area contributed by atoms with Crippen molar-refractivity contribution in [3.63, 3.8) is 0 Å². The molecule has 0 atom stereocenters. The van der Waals surface area contributed by atoms with E-state index < -0.39 is 0 Å². The summed E-state index contributed by atoms with van der Waals surface area (Å²) in [4.78, 5) is 8.59. The number of nitrogens with zero attached hydrogens (tertiary/aromatic N) is 3. The van der Waals surface area contributed by atoms with Gasteiger partial charge in [-0.2, -0.15) is 0 Å². The van der Waals surface area contributed by atoms with Crippen molar-refractivity contribution < 1.29 is 0 Å². The number of rotatable bonds is 3. The van der Waals surface area contributed by atoms with Gasteiger partial charge in [-0.25, -0.2) is 4.98 Å². The SMILES string of the molecule is CCCn1ccnc1-c1ccccn1. The average molecular weight is 187 g/mol. The molecule has 0 bridgehead atoms. The Labute approximate surface area is 83.4 Å². The summed E-state index contributed by atoms with van der Waals surface area (Å²) < 4.78 is 2.13. The van der Waals surface area contributed by atoms with Gasteiger partial charge in [0, 0.05) is 25.1 Å². The number of hydrogen-bond donors (Lipinski definition) is 0. The zero-order valence-corrected chi connectivity index (χ0v) is 8.22. The van der Waals surface area contributed by atoms with Gasteiger partial charge in [0.15, 0.2) is 5.82 Å². The average Bonchev–Trinajstić information content (AvgIpc) is 2.68. The molecule has 0 N–H and O–H groups in total. The van der Waals surface area contributed by atoms with E-state index in [1.807, 2.05) is 30.6 Å². The van der Waals surface area contributed by atoms with E-state index in [0.717, 1.165) is 24.5 Å². The summed E-state index contributed by atoms with van der Waals surface area (Å²) >= 11 is 0. The van der Waals surface area contributed by atoms with Crippen LogP contribution in [-0.4, -0.2) is 14.5 Å². The first-order chi connectivity index (χ1) is 6.92. The number of pyridine rings is 1. The highest BCUT2D eigenvalue weighted by Crippen LogP contribution is 2.13. The molecule has 0 aliphatic heterocycles. The zero-order chi connectivity index (χ0) is 9.80. The standard InChI is InChI=1S/C11H13N3/c1-2-8-14-9-7-13-11(14)10-5-3-4-6-12-10/h3-7,9H,2,8H2,1H3. The van der Waals surface area contributed by atoms with Gasteiger partial charge in [-0.1, -0.05) is 13.0 Å². The summed E-state index contributed by atoms with van der Waals surface area (Å²) in [5.41, 5.74) is 0.936. The van der Waals surface area contributed by atoms with E-state index in [4.69, 9.17) is 0 Å². The fourth-order valence-corrected chi connectivity index (χ4v) is 1.46. The summed E-state index contributed by atoms with van der Waals surface area (Å²) in [6.45, 7) is 3.15. The molecule has 0 aromatic carbocycles. The highest BCUT2D eigenvalue weighted by Gasteiger charge is 2.04. The molecule has 2 heterocycles. The predicted molar refractivity (Wildman–Crippen MR) is 55.7 cm³/mol. The summed E-state index contributed by atoms with van der Waals surface area (Å²) in [6.07, 6.45) is 6.71. The Morgan fingerprint density at radius 2 is 2.14 bits per heavy atom. The van der Waals surface area contributed by atoms with E-state index >= 15 is 0 Å². The first-order valence-electron chi connectivity index (χ1n) is 4.84. The Bertz CT molecular complexity index is 392. The lowest BCUT2D eigenvalue weighted by Crippen LogP contribution is -1.99. The molecule has 0 radical (unpaired) electrons. The minimum absolute atomic E-state index is 0.936. The van der Waals surface area contributed by atoms with Crippen molar-refractivity contribution in [3.8, 4) is 11.5 Å². The second-order valence-electron chi connectivity index (χ2n) is 3.16. The fraction of sp³-hybridized carbons (Fsp3) is 0.273. The van der Waals surface area contributed by atoms with Crippen molar-refractivity contribution in [2.24, 2.45) is 0 Å². The van der Waals surface area contributed by atoms with Gasteiger partial charge in [0.2, 0.25) is 0 Å². The third-order valence-electron chi connectivity index (χ3n) is 2.07. The molecule has 0 fully saturated rings. The van der Waals surface area contributed by atoms with Gasteiger partial charge < -0.3 is 4.57 Å². The first-order valence-corrected chi connectivity index (χ1v) is 4.84. The van der Waals surface area contributed by atoms with Crippen LogP contribution < -0.4 is 0 Å². The van der Waals surface area contributed by atoms with Gasteiger partial charge in [0.1, 0.15) is 5.69 Å². The van der Waals surface area contributed by atoms with Gasteiger partial charge in [0.05, 0.1) is 0 Å². The van der Waals surface area contributed by atoms with E-state index in [-0.39, 0.29) is 0 Å². The number of hydrogen-bond acceptors (Lipinski definition) is 2. The molecule has 2 aromatic heterocycles. The maximum absolute atomic E-state index is 4.31. The van der Waals surface area contributed by atoms with Crippen LogP contribution >= 0.6 is 0 Å². The third-order valence-corrected chi connectivity index (χ3v) is 2.07. The van der Waals surface area contributed by atoms with Crippen LogP contribution in [0.25, 0.3) is 11.5 Å². The van der Waals surface area contributed by atoms with Gasteiger partial charge in [-0.15, -0.1) is 0 Å². The van der Waals surface area contributed by atoms with Crippen LogP contribution in [0, 0.1) is 0 Å². The molecular formula is C11H13N3. The zero-order valence-electron chi connectivity index (χ0n) is 8.22. The monoisotopic (exact) mass is 187 g/mol. The van der Waals surface area contributed by atoms with E-state index in [1.165, 1.54) is 0 Å². The van der Waals surface area contributed by atoms with Gasteiger partial charge in [-0.3, -0.25) is 4.98 Å². The van der Waals surface area contributed by atoms with Gasteiger partial charge >= 0.3 is 0 Å². The van der Waals surface area contributed by atoms with Crippen LogP contribution in [0.15, 0.2) is 36.8 Å². The van der Waals surface area contributed by atoms with Crippen LogP contribution in [0.4, 0.5) is 0 Å². The number of aromatic nitrogens is 3. The molecule has 2 rings (SSSR count). The lowest BCUT2D eigenvalue weighted by Gasteiger charge is -2.04. The Hall–Kier alpha value is -1.64. The van der Waals surface area contributed by atoms with Crippen molar-refractivity contribution in [2.75, 3.05) is 0 Å². The van der Waals surface area contributed by atoms with Crippen LogP contribution in [0.3, 0.4) is 0 Å². The quantitative estimate of drug-likeness (QED) is 0.738. The molecule has 3 nitrogen and oxygen atoms in total. The van der Waals surface area contributed by atoms with Crippen LogP contribution in [0.2, 0.25) is 0 Å². The Kier molecular flexibility index (Phi) is 2.58. The Morgan fingerprint density at radius 1 is 1.21 bits per heavy atom. The summed E-state index contributed by atoms with van der Waals surface area (Å²) in [6, 6.07) is 5.87. The molecule has 72 valence electrons. The van der Waals surface area contributed by atoms with E-state index in [0.29, 0.717) is 0 Å². The molecule has 0 saturated heterocycles. The van der Waals surface area contributed by atoms with Gasteiger partial charge in [0.25, 0.3) is 0 Å². The molecule has 0 aliphatic rings. The van der Waals surface area contributed by atoms with E-state index in [9.17, 15) is 0 Å². The molecule has 0 unspecified atom stereocenters. The molecule has 14 heavy (non-hydrogen) atoms. The molecule has 0 spiro atoms. The van der Waals surface area contributed by atoms with Gasteiger partial charge in [-0.05, 0) is 18.6 Å². The number of imidazole rings is 1. The lowest BCUT2D eigenvalue weighted by atomic mass is 10.3. The van der Waals surface area contributed by atoms with E-state index in [1.54, 1.807) is 6.20 Å². The normalized spacial score (nSPS) is 10.4. The highest BCUT2D eigenvalue weighted by molar-refractivity contribution is 5.48. The predicted octanol–water partition coefficient (Wildman–Crippen LogP) is 2.36. The van der Waals surface area contributed by atoms with Crippen LogP contribution in [-0.2, 0) is 6.54 Å². The van der Waals surface area contributed by atoms with Crippen molar-refractivity contribution in [1.29, 1.82) is 0 Å². The molecule has 0 saturated carbocycles. The second kappa shape index (κ2) is 4.05. The fourth-order valence-electron chi connectivity index (χ4n) is 1.46. The molecular weight excluding hydrogens is 174 g/mol. The van der Waals surface area contributed by atoms with Crippen molar-refractivity contribution in [3.05, 3.63) is 36.8 Å². The first kappa shape index (κ1) is 8.94. The maximum Gasteiger partial charge on any atom is 0.158 e. The Morgan fingerprint density at radius 3 is 2.86 bits per heavy atom. The third kappa shape index (κ3) is 1.66. The van der Waals surface area contributed by atoms with E-state index in [2.05, 4.69) is 21.5 Å². The topological polar surface area (TPSA) is 30.7 Å². The summed E-state index contributed by atoms with van der Waals surface area (Å²) in [5.74, 6) is 0.951. The molecule has 0 amide bonds. The molecule has 0 aliphatic carbocycles. The van der Waals surface area contributed by atoms with Crippen LogP contribution in [0.1, 0.15) is 13.3 Å². The highest BCUT2D eigenvalue weighted by atomic mass is 15.1. The lowest BCUT2D eigenvalue weighted by molar-refractivity contribution is 0.684. The minimum Gasteiger partial charge on any atom is -0.330 e. The smallest absolute Gasteiger partial charge is 0.158 e. The minimum atomic E-state index is 0.936. The largest absolute Gasteiger partial charge is 0.330 e. The van der Waals surface area contributed by atoms with Crippen molar-refractivity contribution in [2.45, 2.75) is 19.9 Å². The summed E-state index contributed by atoms with van der Waals surface area (Å²) in [7, 11) is 0. The van der Waals surface area contributed by atoms with Crippen LogP contribution in [0.5, 0.6) is 0 Å².